The molecule has 5 N–H and O–H groups in total. The number of benzene rings is 2. The van der Waals surface area contributed by atoms with Crippen molar-refractivity contribution >= 4 is 29.9 Å². The van der Waals surface area contributed by atoms with Crippen molar-refractivity contribution in [2.24, 2.45) is 0 Å². The third-order valence-electron chi connectivity index (χ3n) is 6.49. The summed E-state index contributed by atoms with van der Waals surface area (Å²) in [4.78, 5) is 39.0. The molecule has 2 aliphatic rings. The van der Waals surface area contributed by atoms with Crippen LogP contribution in [0.4, 0.5) is 0 Å². The largest absolute Gasteiger partial charge is 0.379 e. The molecule has 3 amide bonds. The van der Waals surface area contributed by atoms with Crippen LogP contribution >= 0.6 is 0 Å². The van der Waals surface area contributed by atoms with E-state index >= 15 is 0 Å². The number of rotatable bonds is 12. The first-order chi connectivity index (χ1) is 18.5. The van der Waals surface area contributed by atoms with Gasteiger partial charge in [0.2, 0.25) is 5.91 Å². The van der Waals surface area contributed by atoms with E-state index in [0.29, 0.717) is 11.6 Å². The Bertz CT molecular complexity index is 1110. The number of carbonyl (C=O) groups is 3. The summed E-state index contributed by atoms with van der Waals surface area (Å²) in [6, 6.07) is 14.6. The van der Waals surface area contributed by atoms with Crippen molar-refractivity contribution < 1.29 is 24.3 Å². The zero-order valence-corrected chi connectivity index (χ0v) is 21.3. The summed E-state index contributed by atoms with van der Waals surface area (Å²) in [7, 11) is 0. The van der Waals surface area contributed by atoms with Crippen LogP contribution in [-0.4, -0.2) is 79.3 Å². The fraction of sp³-hybridized carbons (Fsp3) is 0.393. The lowest BCUT2D eigenvalue weighted by Crippen LogP contribution is -2.52. The average molecular weight is 522 g/mol. The van der Waals surface area contributed by atoms with E-state index in [1.807, 2.05) is 24.3 Å². The Balaban J connectivity index is 1.26. The van der Waals surface area contributed by atoms with Crippen molar-refractivity contribution in [1.29, 1.82) is 0 Å². The highest BCUT2D eigenvalue weighted by Crippen LogP contribution is 2.18. The van der Waals surface area contributed by atoms with Crippen LogP contribution < -0.4 is 21.4 Å². The van der Waals surface area contributed by atoms with Crippen LogP contribution in [0.2, 0.25) is 0 Å². The van der Waals surface area contributed by atoms with Crippen LogP contribution in [0.5, 0.6) is 0 Å². The minimum atomic E-state index is -1.12. The highest BCUT2D eigenvalue weighted by molar-refractivity contribution is 5.97. The topological polar surface area (TPSA) is 132 Å². The van der Waals surface area contributed by atoms with Gasteiger partial charge in [-0.05, 0) is 41.7 Å². The van der Waals surface area contributed by atoms with Crippen LogP contribution in [0.1, 0.15) is 39.9 Å². The second kappa shape index (κ2) is 13.8. The highest BCUT2D eigenvalue weighted by atomic mass is 16.5. The van der Waals surface area contributed by atoms with Gasteiger partial charge in [0.15, 0.2) is 0 Å². The number of morpholine rings is 1. The standard InChI is InChI=1S/C28H35N5O5/c34-26(18-29-24-11-12-24)30-17-25(28(36)32-37)31-27(35)23-9-7-21(8-10-23)2-1-20-3-5-22(6-4-20)19-33-13-15-38-16-14-33/h1-10,24-25,29,37H,11-19H2,(H,30,34)(H,31,35)(H,32,36)/b2-1+/t25-/m0/s1. The molecule has 38 heavy (non-hydrogen) atoms. The lowest BCUT2D eigenvalue weighted by Gasteiger charge is -2.26. The van der Waals surface area contributed by atoms with E-state index in [1.54, 1.807) is 12.1 Å². The summed E-state index contributed by atoms with van der Waals surface area (Å²) in [6.45, 7) is 4.41. The second-order valence-corrected chi connectivity index (χ2v) is 9.55. The minimum absolute atomic E-state index is 0.139. The molecular formula is C28H35N5O5. The van der Waals surface area contributed by atoms with Gasteiger partial charge in [0.05, 0.1) is 19.8 Å². The molecule has 202 valence electrons. The molecule has 0 bridgehead atoms. The van der Waals surface area contributed by atoms with Gasteiger partial charge in [-0.1, -0.05) is 48.6 Å². The van der Waals surface area contributed by atoms with Gasteiger partial charge >= 0.3 is 0 Å². The highest BCUT2D eigenvalue weighted by Gasteiger charge is 2.24. The molecule has 1 aliphatic carbocycles. The number of nitrogens with zero attached hydrogens (tertiary/aromatic N) is 1. The summed E-state index contributed by atoms with van der Waals surface area (Å²) < 4.78 is 5.40. The minimum Gasteiger partial charge on any atom is -0.379 e. The molecule has 2 aromatic carbocycles. The van der Waals surface area contributed by atoms with Gasteiger partial charge in [-0.15, -0.1) is 0 Å². The predicted octanol–water partition coefficient (Wildman–Crippen LogP) is 1.16. The van der Waals surface area contributed by atoms with Crippen molar-refractivity contribution in [3.8, 4) is 0 Å². The number of hydrogen-bond acceptors (Lipinski definition) is 7. The van der Waals surface area contributed by atoms with E-state index in [-0.39, 0.29) is 19.0 Å². The number of amides is 3. The number of hydroxylamine groups is 1. The third kappa shape index (κ3) is 8.77. The summed E-state index contributed by atoms with van der Waals surface area (Å²) in [6.07, 6.45) is 6.08. The van der Waals surface area contributed by atoms with Crippen molar-refractivity contribution in [2.45, 2.75) is 31.5 Å². The molecule has 0 unspecified atom stereocenters. The quantitative estimate of drug-likeness (QED) is 0.161. The number of ether oxygens (including phenoxy) is 1. The van der Waals surface area contributed by atoms with Gasteiger partial charge in [0.25, 0.3) is 11.8 Å². The first-order valence-corrected chi connectivity index (χ1v) is 12.9. The Kier molecular flexibility index (Phi) is 9.99. The molecule has 1 aliphatic heterocycles. The zero-order valence-electron chi connectivity index (χ0n) is 21.3. The molecule has 1 atom stereocenters. The third-order valence-corrected chi connectivity index (χ3v) is 6.49. The van der Waals surface area contributed by atoms with Gasteiger partial charge in [-0.25, -0.2) is 5.48 Å². The van der Waals surface area contributed by atoms with E-state index < -0.39 is 17.9 Å². The van der Waals surface area contributed by atoms with Crippen LogP contribution in [0.25, 0.3) is 12.2 Å². The number of hydrogen-bond donors (Lipinski definition) is 5. The van der Waals surface area contributed by atoms with E-state index in [1.165, 1.54) is 11.0 Å². The van der Waals surface area contributed by atoms with Crippen molar-refractivity contribution in [2.75, 3.05) is 39.4 Å². The summed E-state index contributed by atoms with van der Waals surface area (Å²) >= 11 is 0. The maximum Gasteiger partial charge on any atom is 0.267 e. The number of carbonyl (C=O) groups excluding carboxylic acids is 3. The molecule has 0 aromatic heterocycles. The summed E-state index contributed by atoms with van der Waals surface area (Å²) in [5.74, 6) is -1.59. The zero-order chi connectivity index (χ0) is 26.7. The molecular weight excluding hydrogens is 486 g/mol. The van der Waals surface area contributed by atoms with Crippen LogP contribution in [-0.2, 0) is 20.9 Å². The molecule has 2 aromatic rings. The van der Waals surface area contributed by atoms with Crippen molar-refractivity contribution in [3.05, 3.63) is 70.8 Å². The Morgan fingerprint density at radius 3 is 2.21 bits per heavy atom. The molecule has 2 fully saturated rings. The van der Waals surface area contributed by atoms with Crippen molar-refractivity contribution in [1.82, 2.24) is 26.3 Å². The molecule has 0 radical (unpaired) electrons. The monoisotopic (exact) mass is 521 g/mol. The smallest absolute Gasteiger partial charge is 0.267 e. The lowest BCUT2D eigenvalue weighted by molar-refractivity contribution is -0.131. The molecule has 1 saturated carbocycles. The fourth-order valence-electron chi connectivity index (χ4n) is 4.02. The van der Waals surface area contributed by atoms with E-state index in [0.717, 1.165) is 56.8 Å². The first kappa shape index (κ1) is 27.5. The van der Waals surface area contributed by atoms with Gasteiger partial charge in [-0.2, -0.15) is 0 Å². The van der Waals surface area contributed by atoms with Crippen LogP contribution in [0, 0.1) is 0 Å². The Hall–Kier alpha value is -3.57. The lowest BCUT2D eigenvalue weighted by atomic mass is 10.1. The van der Waals surface area contributed by atoms with Crippen LogP contribution in [0.3, 0.4) is 0 Å². The normalized spacial score (nSPS) is 16.7. The molecule has 1 heterocycles. The van der Waals surface area contributed by atoms with Crippen LogP contribution in [0.15, 0.2) is 48.5 Å². The summed E-state index contributed by atoms with van der Waals surface area (Å²) in [5, 5.41) is 17.3. The molecule has 0 spiro atoms. The van der Waals surface area contributed by atoms with Gasteiger partial charge in [0.1, 0.15) is 6.04 Å². The van der Waals surface area contributed by atoms with E-state index in [4.69, 9.17) is 9.94 Å². The molecule has 1 saturated heterocycles. The van der Waals surface area contributed by atoms with Gasteiger partial charge < -0.3 is 20.7 Å². The van der Waals surface area contributed by atoms with E-state index in [2.05, 4.69) is 45.1 Å². The molecule has 10 nitrogen and oxygen atoms in total. The van der Waals surface area contributed by atoms with Gasteiger partial charge in [0, 0.05) is 37.8 Å². The summed E-state index contributed by atoms with van der Waals surface area (Å²) in [5.41, 5.74) is 5.14. The fourth-order valence-corrected chi connectivity index (χ4v) is 4.02. The van der Waals surface area contributed by atoms with Gasteiger partial charge in [-0.3, -0.25) is 24.5 Å². The Morgan fingerprint density at radius 2 is 1.61 bits per heavy atom. The Morgan fingerprint density at radius 1 is 0.974 bits per heavy atom. The van der Waals surface area contributed by atoms with Crippen molar-refractivity contribution in [3.63, 3.8) is 0 Å². The Labute approximate surface area is 222 Å². The molecule has 4 rings (SSSR count). The average Bonchev–Trinajstić information content (AvgIpc) is 3.79. The SMILES string of the molecule is O=C(CNC1CC1)NC[C@H](NC(=O)c1ccc(/C=C/c2ccc(CN3CCOCC3)cc2)cc1)C(=O)NO. The second-order valence-electron chi connectivity index (χ2n) is 9.55. The predicted molar refractivity (Wildman–Crippen MR) is 143 cm³/mol. The first-order valence-electron chi connectivity index (χ1n) is 12.9. The maximum atomic E-state index is 12.7. The molecule has 10 heteroatoms. The number of nitrogens with one attached hydrogen (secondary N) is 4. The van der Waals surface area contributed by atoms with E-state index in [9.17, 15) is 14.4 Å². The maximum absolute atomic E-state index is 12.7.